The smallest absolute Gasteiger partial charge is 0.256 e. The van der Waals surface area contributed by atoms with Gasteiger partial charge in [-0.05, 0) is 20.3 Å². The normalized spacial score (nSPS) is 17.2. The molecule has 1 aliphatic heterocycles. The van der Waals surface area contributed by atoms with Crippen LogP contribution in [0.2, 0.25) is 0 Å². The number of carbonyl (C=O) groups is 2. The third-order valence-corrected chi connectivity index (χ3v) is 2.25. The Hall–Kier alpha value is -1.38. The molecule has 0 aliphatic carbocycles. The van der Waals surface area contributed by atoms with Crippen molar-refractivity contribution in [3.05, 3.63) is 23.8 Å². The van der Waals surface area contributed by atoms with Gasteiger partial charge in [0.2, 0.25) is 0 Å². The largest absolute Gasteiger partial charge is 0.275 e. The first-order valence-corrected chi connectivity index (χ1v) is 4.24. The summed E-state index contributed by atoms with van der Waals surface area (Å²) in [6.45, 7) is 7.36. The van der Waals surface area contributed by atoms with Gasteiger partial charge in [-0.25, -0.2) is 0 Å². The van der Waals surface area contributed by atoms with Crippen molar-refractivity contribution in [3.63, 3.8) is 0 Å². The molecule has 1 heterocycles. The predicted octanol–water partition coefficient (Wildman–Crippen LogP) is 1.27. The summed E-state index contributed by atoms with van der Waals surface area (Å²) in [5.41, 5.74) is 1.13. The first-order valence-electron chi connectivity index (χ1n) is 4.24. The summed E-state index contributed by atoms with van der Waals surface area (Å²) in [6.07, 6.45) is 2.35. The van der Waals surface area contributed by atoms with Crippen molar-refractivity contribution in [2.45, 2.75) is 20.3 Å². The van der Waals surface area contributed by atoms with Crippen molar-refractivity contribution in [2.75, 3.05) is 6.54 Å². The van der Waals surface area contributed by atoms with Gasteiger partial charge >= 0.3 is 0 Å². The number of hydrogen-bond donors (Lipinski definition) is 0. The molecule has 0 spiro atoms. The molecule has 3 nitrogen and oxygen atoms in total. The molecule has 70 valence electrons. The molecule has 0 N–H and O–H groups in total. The lowest BCUT2D eigenvalue weighted by atomic mass is 10.2. The third kappa shape index (κ3) is 1.54. The maximum absolute atomic E-state index is 11.4. The van der Waals surface area contributed by atoms with Crippen LogP contribution in [-0.4, -0.2) is 23.3 Å². The van der Waals surface area contributed by atoms with E-state index >= 15 is 0 Å². The molecular weight excluding hydrogens is 166 g/mol. The first kappa shape index (κ1) is 9.71. The van der Waals surface area contributed by atoms with Crippen molar-refractivity contribution in [3.8, 4) is 0 Å². The molecule has 1 rings (SSSR count). The minimum atomic E-state index is -0.163. The van der Waals surface area contributed by atoms with Gasteiger partial charge in [-0.2, -0.15) is 0 Å². The van der Waals surface area contributed by atoms with Crippen LogP contribution < -0.4 is 0 Å². The highest BCUT2D eigenvalue weighted by molar-refractivity contribution is 6.18. The van der Waals surface area contributed by atoms with Crippen LogP contribution in [0.15, 0.2) is 23.8 Å². The molecule has 2 amide bonds. The van der Waals surface area contributed by atoms with Gasteiger partial charge in [0.05, 0.1) is 0 Å². The Balaban J connectivity index is 2.78. The summed E-state index contributed by atoms with van der Waals surface area (Å²) in [4.78, 5) is 24.2. The van der Waals surface area contributed by atoms with Gasteiger partial charge in [0.25, 0.3) is 11.8 Å². The standard InChI is InChI=1S/C10H13NO2/c1-4-5-6-11-9(12)7(2)8(3)10(11)13/h4H,1,5-6H2,2-3H3. The molecule has 0 fully saturated rings. The number of rotatable bonds is 3. The Morgan fingerprint density at radius 2 is 1.69 bits per heavy atom. The lowest BCUT2D eigenvalue weighted by Crippen LogP contribution is -2.32. The lowest BCUT2D eigenvalue weighted by Gasteiger charge is -2.12. The zero-order chi connectivity index (χ0) is 10.0. The second kappa shape index (κ2) is 3.56. The SMILES string of the molecule is C=CCCN1C(=O)C(C)=C(C)C1=O. The Morgan fingerprint density at radius 3 is 2.08 bits per heavy atom. The van der Waals surface area contributed by atoms with E-state index < -0.39 is 0 Å². The Morgan fingerprint density at radius 1 is 1.23 bits per heavy atom. The monoisotopic (exact) mass is 179 g/mol. The minimum absolute atomic E-state index is 0.163. The van der Waals surface area contributed by atoms with Crippen molar-refractivity contribution in [1.82, 2.24) is 4.90 Å². The summed E-state index contributed by atoms with van der Waals surface area (Å²) in [6, 6.07) is 0. The fourth-order valence-corrected chi connectivity index (χ4v) is 1.24. The minimum Gasteiger partial charge on any atom is -0.275 e. The van der Waals surface area contributed by atoms with E-state index in [2.05, 4.69) is 6.58 Å². The number of imide groups is 1. The highest BCUT2D eigenvalue weighted by Gasteiger charge is 2.32. The van der Waals surface area contributed by atoms with Crippen LogP contribution in [0.25, 0.3) is 0 Å². The van der Waals surface area contributed by atoms with Crippen LogP contribution in [0.3, 0.4) is 0 Å². The van der Waals surface area contributed by atoms with E-state index in [1.807, 2.05) is 0 Å². The van der Waals surface area contributed by atoms with E-state index in [-0.39, 0.29) is 11.8 Å². The number of hydrogen-bond acceptors (Lipinski definition) is 2. The first-order chi connectivity index (χ1) is 6.09. The Labute approximate surface area is 77.7 Å². The van der Waals surface area contributed by atoms with Gasteiger partial charge in [0, 0.05) is 17.7 Å². The van der Waals surface area contributed by atoms with E-state index in [4.69, 9.17) is 0 Å². The average molecular weight is 179 g/mol. The van der Waals surface area contributed by atoms with Gasteiger partial charge in [-0.1, -0.05) is 6.08 Å². The topological polar surface area (TPSA) is 37.4 Å². The highest BCUT2D eigenvalue weighted by Crippen LogP contribution is 2.19. The van der Waals surface area contributed by atoms with Crippen molar-refractivity contribution < 1.29 is 9.59 Å². The summed E-state index contributed by atoms with van der Waals surface area (Å²) < 4.78 is 0. The van der Waals surface area contributed by atoms with Gasteiger partial charge in [-0.3, -0.25) is 14.5 Å². The maximum atomic E-state index is 11.4. The van der Waals surface area contributed by atoms with Gasteiger partial charge < -0.3 is 0 Å². The van der Waals surface area contributed by atoms with Crippen LogP contribution in [0.1, 0.15) is 20.3 Å². The molecule has 0 saturated heterocycles. The zero-order valence-electron chi connectivity index (χ0n) is 7.96. The summed E-state index contributed by atoms with van der Waals surface area (Å²) in [5, 5.41) is 0. The summed E-state index contributed by atoms with van der Waals surface area (Å²) in [5.74, 6) is -0.325. The van der Waals surface area contributed by atoms with Crippen LogP contribution >= 0.6 is 0 Å². The third-order valence-electron chi connectivity index (χ3n) is 2.25. The number of carbonyl (C=O) groups excluding carboxylic acids is 2. The molecular formula is C10H13NO2. The van der Waals surface area contributed by atoms with Crippen LogP contribution in [-0.2, 0) is 9.59 Å². The van der Waals surface area contributed by atoms with E-state index in [9.17, 15) is 9.59 Å². The molecule has 0 radical (unpaired) electrons. The van der Waals surface area contributed by atoms with E-state index in [0.717, 1.165) is 0 Å². The van der Waals surface area contributed by atoms with Crippen LogP contribution in [0.4, 0.5) is 0 Å². The molecule has 0 unspecified atom stereocenters. The quantitative estimate of drug-likeness (QED) is 0.483. The predicted molar refractivity (Wildman–Crippen MR) is 49.9 cm³/mol. The zero-order valence-corrected chi connectivity index (χ0v) is 7.96. The Kier molecular flexibility index (Phi) is 2.66. The number of nitrogens with zero attached hydrogens (tertiary/aromatic N) is 1. The number of amides is 2. The second-order valence-corrected chi connectivity index (χ2v) is 3.09. The highest BCUT2D eigenvalue weighted by atomic mass is 16.2. The second-order valence-electron chi connectivity index (χ2n) is 3.09. The molecule has 0 saturated carbocycles. The molecule has 0 aromatic heterocycles. The molecule has 0 bridgehead atoms. The van der Waals surface area contributed by atoms with Gasteiger partial charge in [0.1, 0.15) is 0 Å². The molecule has 0 aromatic rings. The van der Waals surface area contributed by atoms with Crippen molar-refractivity contribution >= 4 is 11.8 Å². The van der Waals surface area contributed by atoms with E-state index in [1.54, 1.807) is 19.9 Å². The Bertz CT molecular complexity index is 278. The molecule has 0 aromatic carbocycles. The summed E-state index contributed by atoms with van der Waals surface area (Å²) >= 11 is 0. The van der Waals surface area contributed by atoms with Crippen molar-refractivity contribution in [2.24, 2.45) is 0 Å². The van der Waals surface area contributed by atoms with Crippen molar-refractivity contribution in [1.29, 1.82) is 0 Å². The van der Waals surface area contributed by atoms with Crippen LogP contribution in [0, 0.1) is 0 Å². The van der Waals surface area contributed by atoms with Crippen LogP contribution in [0.5, 0.6) is 0 Å². The maximum Gasteiger partial charge on any atom is 0.256 e. The lowest BCUT2D eigenvalue weighted by molar-refractivity contribution is -0.137. The summed E-state index contributed by atoms with van der Waals surface area (Å²) in [7, 11) is 0. The fourth-order valence-electron chi connectivity index (χ4n) is 1.24. The molecule has 0 atom stereocenters. The van der Waals surface area contributed by atoms with E-state index in [0.29, 0.717) is 24.1 Å². The van der Waals surface area contributed by atoms with Gasteiger partial charge in [0.15, 0.2) is 0 Å². The molecule has 13 heavy (non-hydrogen) atoms. The van der Waals surface area contributed by atoms with E-state index in [1.165, 1.54) is 4.90 Å². The fraction of sp³-hybridized carbons (Fsp3) is 0.400. The average Bonchev–Trinajstić information content (AvgIpc) is 2.30. The van der Waals surface area contributed by atoms with Gasteiger partial charge in [-0.15, -0.1) is 6.58 Å². The molecule has 1 aliphatic rings. The molecule has 3 heteroatoms.